The van der Waals surface area contributed by atoms with E-state index in [0.29, 0.717) is 5.92 Å². The topological polar surface area (TPSA) is 26.0 Å². The van der Waals surface area contributed by atoms with Crippen molar-refractivity contribution in [3.63, 3.8) is 0 Å². The van der Waals surface area contributed by atoms with Crippen LogP contribution >= 0.6 is 0 Å². The summed E-state index contributed by atoms with van der Waals surface area (Å²) in [7, 11) is 0. The summed E-state index contributed by atoms with van der Waals surface area (Å²) in [6.45, 7) is 9.02. The fraction of sp³-hybridized carbons (Fsp3) is 1.00. The Bertz CT molecular complexity index is 210. The highest BCUT2D eigenvalue weighted by Gasteiger charge is 2.23. The molecule has 0 amide bonds. The van der Waals surface area contributed by atoms with Crippen molar-refractivity contribution < 1.29 is 0 Å². The third kappa shape index (κ3) is 12.2. The molecule has 0 aromatic heterocycles. The summed E-state index contributed by atoms with van der Waals surface area (Å²) >= 11 is 0. The number of nitrogens with two attached hydrogens (primary N) is 1. The molecule has 2 atom stereocenters. The van der Waals surface area contributed by atoms with Gasteiger partial charge in [0, 0.05) is 5.54 Å². The van der Waals surface area contributed by atoms with Crippen molar-refractivity contribution in [3.8, 4) is 0 Å². The Balaban J connectivity index is 3.23. The summed E-state index contributed by atoms with van der Waals surface area (Å²) in [6, 6.07) is 0. The largest absolute Gasteiger partial charge is 0.325 e. The maximum Gasteiger partial charge on any atom is 0.0149 e. The Hall–Kier alpha value is -0.0400. The van der Waals surface area contributed by atoms with Crippen molar-refractivity contribution in [2.45, 2.75) is 123 Å². The van der Waals surface area contributed by atoms with Crippen LogP contribution in [0.1, 0.15) is 118 Å². The summed E-state index contributed by atoms with van der Waals surface area (Å²) < 4.78 is 0. The zero-order valence-electron chi connectivity index (χ0n) is 15.6. The van der Waals surface area contributed by atoms with E-state index in [2.05, 4.69) is 27.7 Å². The van der Waals surface area contributed by atoms with E-state index >= 15 is 0 Å². The molecule has 0 aromatic carbocycles. The lowest BCUT2D eigenvalue weighted by atomic mass is 9.82. The maximum absolute atomic E-state index is 6.30. The Labute approximate surface area is 135 Å². The van der Waals surface area contributed by atoms with Gasteiger partial charge in [-0.1, -0.05) is 97.8 Å². The molecule has 0 aliphatic rings. The third-order valence-electron chi connectivity index (χ3n) is 5.38. The normalized spacial score (nSPS) is 15.9. The molecule has 2 unspecified atom stereocenters. The van der Waals surface area contributed by atoms with Crippen LogP contribution < -0.4 is 5.73 Å². The number of hydrogen-bond donors (Lipinski definition) is 1. The van der Waals surface area contributed by atoms with E-state index in [1.54, 1.807) is 0 Å². The molecule has 2 N–H and O–H groups in total. The van der Waals surface area contributed by atoms with Gasteiger partial charge in [-0.25, -0.2) is 0 Å². The highest BCUT2D eigenvalue weighted by molar-refractivity contribution is 4.82. The molecule has 1 nitrogen and oxygen atoms in total. The predicted octanol–water partition coefficient (Wildman–Crippen LogP) is 6.84. The monoisotopic (exact) mass is 297 g/mol. The van der Waals surface area contributed by atoms with Crippen LogP contribution in [0.15, 0.2) is 0 Å². The van der Waals surface area contributed by atoms with Gasteiger partial charge in [0.25, 0.3) is 0 Å². The molecule has 0 bridgehead atoms. The number of rotatable bonds is 15. The Kier molecular flexibility index (Phi) is 13.6. The molecule has 0 radical (unpaired) electrons. The molecule has 0 aliphatic carbocycles. The van der Waals surface area contributed by atoms with Gasteiger partial charge in [-0.3, -0.25) is 0 Å². The van der Waals surface area contributed by atoms with E-state index in [9.17, 15) is 0 Å². The lowest BCUT2D eigenvalue weighted by molar-refractivity contribution is 0.282. The van der Waals surface area contributed by atoms with Crippen LogP contribution in [0.3, 0.4) is 0 Å². The first-order valence-electron chi connectivity index (χ1n) is 9.83. The average Bonchev–Trinajstić information content (AvgIpc) is 2.48. The second kappa shape index (κ2) is 13.6. The molecule has 1 heteroatoms. The van der Waals surface area contributed by atoms with Gasteiger partial charge in [0.15, 0.2) is 0 Å². The highest BCUT2D eigenvalue weighted by atomic mass is 14.7. The van der Waals surface area contributed by atoms with E-state index in [-0.39, 0.29) is 5.54 Å². The Morgan fingerprint density at radius 2 is 1.10 bits per heavy atom. The molecule has 21 heavy (non-hydrogen) atoms. The van der Waals surface area contributed by atoms with Gasteiger partial charge in [-0.15, -0.1) is 0 Å². The fourth-order valence-corrected chi connectivity index (χ4v) is 2.97. The number of hydrogen-bond acceptors (Lipinski definition) is 1. The molecule has 0 saturated heterocycles. The zero-order chi connectivity index (χ0) is 16.0. The van der Waals surface area contributed by atoms with Gasteiger partial charge >= 0.3 is 0 Å². The molecule has 128 valence electrons. The van der Waals surface area contributed by atoms with Crippen molar-refractivity contribution in [1.82, 2.24) is 0 Å². The van der Waals surface area contributed by atoms with Gasteiger partial charge in [0.05, 0.1) is 0 Å². The summed E-state index contributed by atoms with van der Waals surface area (Å²) in [4.78, 5) is 0. The standard InChI is InChI=1S/C20H43N/c1-5-7-8-9-10-11-12-13-14-15-16-17-18-19(3)20(4,21)6-2/h19H,5-18,21H2,1-4H3. The van der Waals surface area contributed by atoms with Crippen LogP contribution in [0.5, 0.6) is 0 Å². The van der Waals surface area contributed by atoms with Crippen molar-refractivity contribution >= 4 is 0 Å². The van der Waals surface area contributed by atoms with Crippen molar-refractivity contribution in [3.05, 3.63) is 0 Å². The van der Waals surface area contributed by atoms with Crippen molar-refractivity contribution in [1.29, 1.82) is 0 Å². The molecule has 0 aromatic rings. The highest BCUT2D eigenvalue weighted by Crippen LogP contribution is 2.23. The molecule has 0 rings (SSSR count). The van der Waals surface area contributed by atoms with Gasteiger partial charge in [0.1, 0.15) is 0 Å². The minimum Gasteiger partial charge on any atom is -0.325 e. The molecule has 0 spiro atoms. The Morgan fingerprint density at radius 3 is 1.48 bits per heavy atom. The second-order valence-electron chi connectivity index (χ2n) is 7.44. The van der Waals surface area contributed by atoms with Gasteiger partial charge < -0.3 is 5.73 Å². The lowest BCUT2D eigenvalue weighted by Crippen LogP contribution is -2.42. The molecular formula is C20H43N. The van der Waals surface area contributed by atoms with Crippen LogP contribution in [-0.2, 0) is 0 Å². The van der Waals surface area contributed by atoms with Gasteiger partial charge in [0.2, 0.25) is 0 Å². The SMILES string of the molecule is CCCCCCCCCCCCCCC(C)C(C)(N)CC. The lowest BCUT2D eigenvalue weighted by Gasteiger charge is -2.30. The molecule has 0 saturated carbocycles. The third-order valence-corrected chi connectivity index (χ3v) is 5.38. The van der Waals surface area contributed by atoms with Crippen LogP contribution in [-0.4, -0.2) is 5.54 Å². The first-order chi connectivity index (χ1) is 10.0. The predicted molar refractivity (Wildman–Crippen MR) is 97.7 cm³/mol. The van der Waals surface area contributed by atoms with Gasteiger partial charge in [-0.2, -0.15) is 0 Å². The van der Waals surface area contributed by atoms with E-state index in [0.717, 1.165) is 6.42 Å². The van der Waals surface area contributed by atoms with E-state index in [1.165, 1.54) is 83.5 Å². The van der Waals surface area contributed by atoms with E-state index < -0.39 is 0 Å². The summed E-state index contributed by atoms with van der Waals surface area (Å²) in [5.74, 6) is 0.658. The first kappa shape index (κ1) is 21.0. The van der Waals surface area contributed by atoms with Gasteiger partial charge in [-0.05, 0) is 25.7 Å². The molecular weight excluding hydrogens is 254 g/mol. The Morgan fingerprint density at radius 1 is 0.714 bits per heavy atom. The van der Waals surface area contributed by atoms with Crippen LogP contribution in [0.25, 0.3) is 0 Å². The summed E-state index contributed by atoms with van der Waals surface area (Å²) in [5.41, 5.74) is 6.34. The van der Waals surface area contributed by atoms with Crippen LogP contribution in [0, 0.1) is 5.92 Å². The zero-order valence-corrected chi connectivity index (χ0v) is 15.6. The summed E-state index contributed by atoms with van der Waals surface area (Å²) in [6.07, 6.45) is 19.6. The minimum atomic E-state index is 0.0395. The molecule has 0 heterocycles. The molecule has 0 aliphatic heterocycles. The maximum atomic E-state index is 6.30. The average molecular weight is 298 g/mol. The second-order valence-corrected chi connectivity index (χ2v) is 7.44. The molecule has 0 fully saturated rings. The quantitative estimate of drug-likeness (QED) is 0.329. The fourth-order valence-electron chi connectivity index (χ4n) is 2.97. The van der Waals surface area contributed by atoms with E-state index in [1.807, 2.05) is 0 Å². The van der Waals surface area contributed by atoms with Crippen LogP contribution in [0.2, 0.25) is 0 Å². The van der Waals surface area contributed by atoms with E-state index in [4.69, 9.17) is 5.73 Å². The smallest absolute Gasteiger partial charge is 0.0149 e. The van der Waals surface area contributed by atoms with Crippen molar-refractivity contribution in [2.75, 3.05) is 0 Å². The summed E-state index contributed by atoms with van der Waals surface area (Å²) in [5, 5.41) is 0. The van der Waals surface area contributed by atoms with Crippen LogP contribution in [0.4, 0.5) is 0 Å². The number of unbranched alkanes of at least 4 members (excludes halogenated alkanes) is 11. The minimum absolute atomic E-state index is 0.0395. The van der Waals surface area contributed by atoms with Crippen molar-refractivity contribution in [2.24, 2.45) is 11.7 Å². The first-order valence-corrected chi connectivity index (χ1v) is 9.83.